The van der Waals surface area contributed by atoms with Crippen LogP contribution >= 0.6 is 0 Å². The molecule has 2 aromatic carbocycles. The zero-order valence-corrected chi connectivity index (χ0v) is 21.9. The molecule has 0 aromatic heterocycles. The van der Waals surface area contributed by atoms with Gasteiger partial charge in [0.15, 0.2) is 0 Å². The van der Waals surface area contributed by atoms with Crippen molar-refractivity contribution in [1.29, 1.82) is 0 Å². The third kappa shape index (κ3) is 6.17. The fraction of sp³-hybridized carbons (Fsp3) is 0.429. The molecule has 9 nitrogen and oxygen atoms in total. The summed E-state index contributed by atoms with van der Waals surface area (Å²) in [6.45, 7) is 10.9. The molecular weight excluding hydrogens is 474 g/mol. The van der Waals surface area contributed by atoms with Gasteiger partial charge in [0.2, 0.25) is 0 Å². The standard InChI is InChI=1S/C28H35N3O6/c1-5-8-17-37-23-14-11-21(18-19(23)4)26(32)24-25(20-9-12-22(13-10-20)31(35)36)30(28(34)27(24)33)16-15-29(6-2)7-3/h9-14,18,25,32H,5-8,15-17H2,1-4H3/b26-24+. The van der Waals surface area contributed by atoms with E-state index in [-0.39, 0.29) is 23.6 Å². The van der Waals surface area contributed by atoms with E-state index in [9.17, 15) is 24.8 Å². The van der Waals surface area contributed by atoms with Crippen LogP contribution in [0.2, 0.25) is 0 Å². The van der Waals surface area contributed by atoms with E-state index in [0.29, 0.717) is 30.0 Å². The number of likely N-dealkylation sites (N-methyl/N-ethyl adjacent to an activating group) is 1. The Labute approximate surface area is 217 Å². The summed E-state index contributed by atoms with van der Waals surface area (Å²) in [7, 11) is 0. The van der Waals surface area contributed by atoms with E-state index in [1.807, 2.05) is 20.8 Å². The van der Waals surface area contributed by atoms with Crippen LogP contribution in [0.15, 0.2) is 48.0 Å². The van der Waals surface area contributed by atoms with Gasteiger partial charge in [-0.1, -0.05) is 27.2 Å². The first-order valence-electron chi connectivity index (χ1n) is 12.7. The summed E-state index contributed by atoms with van der Waals surface area (Å²) in [5, 5.41) is 22.5. The van der Waals surface area contributed by atoms with Crippen LogP contribution in [-0.2, 0) is 9.59 Å². The molecule has 0 aliphatic carbocycles. The highest BCUT2D eigenvalue weighted by Crippen LogP contribution is 2.40. The number of likely N-dealkylation sites (tertiary alicyclic amines) is 1. The van der Waals surface area contributed by atoms with Crippen molar-refractivity contribution in [3.8, 4) is 5.75 Å². The number of rotatable bonds is 12. The molecule has 1 saturated heterocycles. The van der Waals surface area contributed by atoms with Crippen molar-refractivity contribution >= 4 is 23.1 Å². The lowest BCUT2D eigenvalue weighted by Crippen LogP contribution is -2.38. The number of carbonyl (C=O) groups excluding carboxylic acids is 2. The van der Waals surface area contributed by atoms with Gasteiger partial charge in [-0.05, 0) is 67.9 Å². The number of amides is 1. The first-order valence-corrected chi connectivity index (χ1v) is 12.7. The summed E-state index contributed by atoms with van der Waals surface area (Å²) in [5.74, 6) is -1.07. The molecule has 3 rings (SSSR count). The van der Waals surface area contributed by atoms with Crippen molar-refractivity contribution in [2.45, 2.75) is 46.6 Å². The van der Waals surface area contributed by atoms with Gasteiger partial charge in [0.05, 0.1) is 23.1 Å². The number of nitrogens with zero attached hydrogens (tertiary/aromatic N) is 3. The average Bonchev–Trinajstić information content (AvgIpc) is 3.15. The summed E-state index contributed by atoms with van der Waals surface area (Å²) in [4.78, 5) is 40.6. The quantitative estimate of drug-likeness (QED) is 0.109. The number of benzene rings is 2. The Bertz CT molecular complexity index is 1170. The van der Waals surface area contributed by atoms with Crippen LogP contribution in [-0.4, -0.2) is 64.3 Å². The molecule has 1 fully saturated rings. The minimum atomic E-state index is -0.864. The molecule has 1 unspecified atom stereocenters. The van der Waals surface area contributed by atoms with Gasteiger partial charge < -0.3 is 19.6 Å². The number of nitro groups is 1. The Hall–Kier alpha value is -3.72. The van der Waals surface area contributed by atoms with Crippen LogP contribution in [0.3, 0.4) is 0 Å². The van der Waals surface area contributed by atoms with Gasteiger partial charge in [-0.15, -0.1) is 0 Å². The van der Waals surface area contributed by atoms with E-state index in [1.54, 1.807) is 18.2 Å². The van der Waals surface area contributed by atoms with Gasteiger partial charge in [0.25, 0.3) is 17.4 Å². The number of aliphatic hydroxyl groups excluding tert-OH is 1. The molecule has 1 aliphatic rings. The zero-order chi connectivity index (χ0) is 27.1. The molecule has 0 spiro atoms. The van der Waals surface area contributed by atoms with Gasteiger partial charge in [-0.3, -0.25) is 19.7 Å². The Kier molecular flexibility index (Phi) is 9.41. The van der Waals surface area contributed by atoms with Gasteiger partial charge in [0.1, 0.15) is 11.5 Å². The maximum atomic E-state index is 13.2. The van der Waals surface area contributed by atoms with Crippen LogP contribution < -0.4 is 4.74 Å². The summed E-state index contributed by atoms with van der Waals surface area (Å²) < 4.78 is 5.80. The van der Waals surface area contributed by atoms with Gasteiger partial charge in [-0.2, -0.15) is 0 Å². The number of aliphatic hydroxyl groups is 1. The van der Waals surface area contributed by atoms with Crippen LogP contribution in [0, 0.1) is 17.0 Å². The van der Waals surface area contributed by atoms with Crippen molar-refractivity contribution in [1.82, 2.24) is 9.80 Å². The van der Waals surface area contributed by atoms with Crippen LogP contribution in [0.25, 0.3) is 5.76 Å². The van der Waals surface area contributed by atoms with Crippen LogP contribution in [0.5, 0.6) is 5.75 Å². The third-order valence-electron chi connectivity index (χ3n) is 6.71. The second-order valence-electron chi connectivity index (χ2n) is 9.05. The highest BCUT2D eigenvalue weighted by Gasteiger charge is 2.46. The molecule has 9 heteroatoms. The number of nitro benzene ring substituents is 1. The van der Waals surface area contributed by atoms with E-state index in [2.05, 4.69) is 11.8 Å². The Balaban J connectivity index is 2.06. The Morgan fingerprint density at radius 2 is 1.78 bits per heavy atom. The van der Waals surface area contributed by atoms with Crippen molar-refractivity contribution in [3.63, 3.8) is 0 Å². The predicted molar refractivity (Wildman–Crippen MR) is 141 cm³/mol. The lowest BCUT2D eigenvalue weighted by molar-refractivity contribution is -0.384. The summed E-state index contributed by atoms with van der Waals surface area (Å²) in [6.07, 6.45) is 1.93. The molecule has 1 N–H and O–H groups in total. The monoisotopic (exact) mass is 509 g/mol. The van der Waals surface area contributed by atoms with Gasteiger partial charge >= 0.3 is 0 Å². The van der Waals surface area contributed by atoms with Crippen molar-refractivity contribution in [2.75, 3.05) is 32.8 Å². The fourth-order valence-corrected chi connectivity index (χ4v) is 4.47. The second kappa shape index (κ2) is 12.5. The van der Waals surface area contributed by atoms with Gasteiger partial charge in [-0.25, -0.2) is 0 Å². The SMILES string of the molecule is CCCCOc1ccc(/C(O)=C2\C(=O)C(=O)N(CCN(CC)CC)C2c2ccc([N+](=O)[O-])cc2)cc1C. The smallest absolute Gasteiger partial charge is 0.295 e. The number of unbranched alkanes of at least 4 members (excludes halogenated alkanes) is 1. The number of non-ortho nitro benzene ring substituents is 1. The van der Waals surface area contributed by atoms with Crippen molar-refractivity contribution in [3.05, 3.63) is 74.8 Å². The molecule has 2 aromatic rings. The number of aryl methyl sites for hydroxylation is 1. The highest BCUT2D eigenvalue weighted by atomic mass is 16.6. The van der Waals surface area contributed by atoms with Gasteiger partial charge in [0, 0.05) is 30.8 Å². The summed E-state index contributed by atoms with van der Waals surface area (Å²) in [5.41, 5.74) is 1.58. The van der Waals surface area contributed by atoms with E-state index in [1.165, 1.54) is 29.2 Å². The molecule has 1 amide bonds. The Morgan fingerprint density at radius 3 is 2.35 bits per heavy atom. The lowest BCUT2D eigenvalue weighted by atomic mass is 9.94. The molecule has 37 heavy (non-hydrogen) atoms. The lowest BCUT2D eigenvalue weighted by Gasteiger charge is -2.28. The largest absolute Gasteiger partial charge is 0.507 e. The molecular formula is C28H35N3O6. The van der Waals surface area contributed by atoms with Crippen LogP contribution in [0.4, 0.5) is 5.69 Å². The maximum absolute atomic E-state index is 13.2. The third-order valence-corrected chi connectivity index (χ3v) is 6.71. The number of ketones is 1. The normalized spacial score (nSPS) is 17.0. The molecule has 1 atom stereocenters. The maximum Gasteiger partial charge on any atom is 0.295 e. The molecule has 1 aliphatic heterocycles. The van der Waals surface area contributed by atoms with E-state index in [0.717, 1.165) is 31.5 Å². The molecule has 0 bridgehead atoms. The summed E-state index contributed by atoms with van der Waals surface area (Å²) in [6, 6.07) is 10.0. The zero-order valence-electron chi connectivity index (χ0n) is 21.9. The molecule has 1 heterocycles. The molecule has 0 radical (unpaired) electrons. The second-order valence-corrected chi connectivity index (χ2v) is 9.05. The number of Topliss-reactive ketones (excluding diaryl/α,β-unsaturated/α-hetero) is 1. The number of hydrogen-bond acceptors (Lipinski definition) is 7. The molecule has 198 valence electrons. The predicted octanol–water partition coefficient (Wildman–Crippen LogP) is 4.85. The Morgan fingerprint density at radius 1 is 1.11 bits per heavy atom. The first-order chi connectivity index (χ1) is 17.7. The highest BCUT2D eigenvalue weighted by molar-refractivity contribution is 6.46. The number of carbonyl (C=O) groups is 2. The van der Waals surface area contributed by atoms with Crippen LogP contribution in [0.1, 0.15) is 56.3 Å². The van der Waals surface area contributed by atoms with E-state index in [4.69, 9.17) is 4.74 Å². The average molecular weight is 510 g/mol. The topological polar surface area (TPSA) is 113 Å². The number of ether oxygens (including phenoxy) is 1. The first kappa shape index (κ1) is 27.9. The fourth-order valence-electron chi connectivity index (χ4n) is 4.47. The number of hydrogen-bond donors (Lipinski definition) is 1. The van der Waals surface area contributed by atoms with Crippen molar-refractivity contribution in [2.24, 2.45) is 0 Å². The minimum absolute atomic E-state index is 0.0301. The molecule has 0 saturated carbocycles. The minimum Gasteiger partial charge on any atom is -0.507 e. The van der Waals surface area contributed by atoms with E-state index < -0.39 is 22.7 Å². The van der Waals surface area contributed by atoms with Crippen molar-refractivity contribution < 1.29 is 24.4 Å². The summed E-state index contributed by atoms with van der Waals surface area (Å²) >= 11 is 0. The van der Waals surface area contributed by atoms with E-state index >= 15 is 0 Å².